The van der Waals surface area contributed by atoms with Crippen LogP contribution in [0.5, 0.6) is 5.75 Å². The number of H-pyrrole nitrogens is 1. The number of hydrogen-bond donors (Lipinski definition) is 5. The zero-order chi connectivity index (χ0) is 92.6. The second-order valence-corrected chi connectivity index (χ2v) is 35.1. The molecule has 0 spiro atoms. The lowest BCUT2D eigenvalue weighted by Crippen LogP contribution is -2.60. The van der Waals surface area contributed by atoms with Crippen LogP contribution >= 0.6 is 11.3 Å². The van der Waals surface area contributed by atoms with E-state index < -0.39 is 11.8 Å². The Labute approximate surface area is 767 Å². The van der Waals surface area contributed by atoms with E-state index in [1.165, 1.54) is 35.4 Å². The standard InChI is InChI=1S/C25H17N7O4.C23H24N6O4.C23H16N6O4.C21H15N7O5S/c33-25(27-18-10-5-8-15-14-6-1-3-9-17(14)26-22(15)18)16-7-2-4-11-19(16)30-28-23-20(31(30)34)12-13-21-24(23)29-36-32(21)35;30-22(24-23-10-13-7-14(11-23)9-15(8-13)12-23)16-3-1-2-4-17(16)27-25-20-18(28(27)31)5-6-19-21(20)26-33-29(19)32;30-23(24-17-10-5-7-14-6-1-2-8-15(14)17)16-9-3-4-11-18(16)27-25-21-19(28(27)31)12-13-20-22(21)26-33-29(20)32;1-32-11-6-7-13-17(10-11)34-21(22-13)23-20(29)12-4-2-3-5-14(12)26-24-18-15(27(26)30)8-9-16-19(18)25-33-28(16)31/h1-11,26H,12-13H2,(H,27,33);1-4,13-15H,5-12H2,(H,24,30);1-11H,12-13H2,(H,24,30);2-7,10H,8-9H2,1H3,(H,22,23,29). The number of methoxy groups -OCH3 is 1. The topological polar surface area (TPSA) is 545 Å². The monoisotopic (exact) mass is 1840 g/mol. The van der Waals surface area contributed by atoms with Crippen molar-refractivity contribution in [2.24, 2.45) is 17.8 Å². The molecule has 44 heteroatoms. The molecule has 0 radical (unpaired) electrons. The summed E-state index contributed by atoms with van der Waals surface area (Å²) in [5.41, 5.74) is 11.0. The van der Waals surface area contributed by atoms with Gasteiger partial charge in [-0.15, -0.1) is 19.4 Å². The number of carbonyl (C=O) groups is 4. The highest BCUT2D eigenvalue weighted by Gasteiger charge is 2.53. The molecule has 8 aliphatic rings. The normalized spacial score (nSPS) is 16.5. The van der Waals surface area contributed by atoms with E-state index in [0.29, 0.717) is 204 Å². The number of amides is 4. The highest BCUT2D eigenvalue weighted by Crippen LogP contribution is 2.56. The molecule has 0 saturated heterocycles. The summed E-state index contributed by atoms with van der Waals surface area (Å²) < 4.78 is 24.9. The smallest absolute Gasteiger partial charge is 0.303 e. The summed E-state index contributed by atoms with van der Waals surface area (Å²) in [7, 11) is 1.58. The molecule has 27 rings (SSSR count). The van der Waals surface area contributed by atoms with Gasteiger partial charge >= 0.3 is 45.6 Å². The van der Waals surface area contributed by atoms with Crippen molar-refractivity contribution >= 4 is 94.3 Å². The number of hydrogen-bond acceptors (Lipinski definition) is 27. The van der Waals surface area contributed by atoms with Crippen molar-refractivity contribution in [1.29, 1.82) is 0 Å². The van der Waals surface area contributed by atoms with Gasteiger partial charge in [0.15, 0.2) is 27.9 Å². The quantitative estimate of drug-likeness (QED) is 0.0533. The summed E-state index contributed by atoms with van der Waals surface area (Å²) >= 11 is 1.31. The van der Waals surface area contributed by atoms with Gasteiger partial charge in [0.05, 0.1) is 91.8 Å². The SMILES string of the molecule is COc1ccc2nc(NC(=O)c3ccccc3-n3nc4c([n+]3[O-])CCc3c-4no[n+]3[O-])sc2c1.O=C(NC12CC3CC(CC(C3)C1)C2)c1ccccc1-n1nc2c([n+]1[O-])CCc1c-2no[n+]1[O-].O=C(Nc1cccc2c1[nH]c1ccccc12)c1ccccc1-n1nc2c([n+]1[O-])CCc1c-2no[n+]1[O-].O=C(Nc1cccc2ccccc12)c1ccccc1-n1nc2c([n+]1[O-])CCc1c-2no[n+]1[O-]. The first-order valence-corrected chi connectivity index (χ1v) is 44.3. The van der Waals surface area contributed by atoms with Crippen molar-refractivity contribution in [3.8, 4) is 74.1 Å². The molecule has 4 fully saturated rings. The van der Waals surface area contributed by atoms with Gasteiger partial charge in [-0.1, -0.05) is 127 Å². The lowest BCUT2D eigenvalue weighted by molar-refractivity contribution is -0.808. The predicted octanol–water partition coefficient (Wildman–Crippen LogP) is 8.43. The van der Waals surface area contributed by atoms with Gasteiger partial charge in [-0.05, 0) is 185 Å². The van der Waals surface area contributed by atoms with E-state index in [4.69, 9.17) is 14.0 Å². The first-order chi connectivity index (χ1) is 66.2. The third-order valence-electron chi connectivity index (χ3n) is 26.1. The number of nitrogens with one attached hydrogen (secondary N) is 5. The molecule has 4 amide bonds. The number of carbonyl (C=O) groups excluding carboxylic acids is 4. The molecule has 4 bridgehead atoms. The summed E-state index contributed by atoms with van der Waals surface area (Å²) in [4.78, 5) is 69.7. The van der Waals surface area contributed by atoms with Crippen LogP contribution in [0.4, 0.5) is 16.5 Å². The molecule has 19 aromatic rings. The predicted molar refractivity (Wildman–Crippen MR) is 476 cm³/mol. The highest BCUT2D eigenvalue weighted by atomic mass is 32.1. The Bertz CT molecular complexity index is 8090. The molecule has 9 aromatic carbocycles. The number of thiazole rings is 1. The Morgan fingerprint density at radius 3 is 1.21 bits per heavy atom. The number of rotatable bonds is 13. The Morgan fingerprint density at radius 1 is 0.397 bits per heavy atom. The molecule has 10 aromatic heterocycles. The Hall–Kier alpha value is -17.9. The van der Waals surface area contributed by atoms with Gasteiger partial charge in [-0.25, -0.2) is 4.98 Å². The molecular weight excluding hydrogens is 1770 g/mol. The summed E-state index contributed by atoms with van der Waals surface area (Å²) in [5.74, 6) is 1.45. The Balaban J connectivity index is 0.000000102. The summed E-state index contributed by atoms with van der Waals surface area (Å²) in [6, 6.07) is 59.5. The van der Waals surface area contributed by atoms with Crippen molar-refractivity contribution in [3.63, 3.8) is 0 Å². The summed E-state index contributed by atoms with van der Waals surface area (Å²) in [5, 5.41) is 149. The van der Waals surface area contributed by atoms with Gasteiger partial charge in [-0.2, -0.15) is 0 Å². The minimum atomic E-state index is -0.449. The maximum absolute atomic E-state index is 13.5. The van der Waals surface area contributed by atoms with Crippen LogP contribution in [0.15, 0.2) is 219 Å². The molecule has 678 valence electrons. The fourth-order valence-electron chi connectivity index (χ4n) is 20.2. The molecule has 5 N–H and O–H groups in total. The largest absolute Gasteiger partial charge is 0.692 e. The van der Waals surface area contributed by atoms with E-state index in [0.717, 1.165) is 76.4 Å². The van der Waals surface area contributed by atoms with Gasteiger partial charge in [0.2, 0.25) is 22.8 Å². The molecule has 0 unspecified atom stereocenters. The van der Waals surface area contributed by atoms with Crippen molar-refractivity contribution in [3.05, 3.63) is 310 Å². The van der Waals surface area contributed by atoms with Crippen LogP contribution in [0.1, 0.15) is 126 Å². The molecule has 43 nitrogen and oxygen atoms in total. The van der Waals surface area contributed by atoms with Crippen LogP contribution in [0.2, 0.25) is 0 Å². The van der Waals surface area contributed by atoms with Crippen LogP contribution in [0.25, 0.3) is 111 Å². The Kier molecular flexibility index (Phi) is 19.8. The van der Waals surface area contributed by atoms with Crippen LogP contribution in [-0.4, -0.2) is 106 Å². The minimum Gasteiger partial charge on any atom is -0.692 e. The van der Waals surface area contributed by atoms with Crippen LogP contribution in [-0.2, 0) is 51.4 Å². The number of fused-ring (bicyclic) bond motifs is 17. The zero-order valence-corrected chi connectivity index (χ0v) is 72.2. The van der Waals surface area contributed by atoms with Crippen LogP contribution < -0.4 is 65.0 Å². The lowest BCUT2D eigenvalue weighted by Gasteiger charge is -2.56. The summed E-state index contributed by atoms with van der Waals surface area (Å²) in [6.45, 7) is 0. The second-order valence-electron chi connectivity index (χ2n) is 34.1. The number of anilines is 3. The van der Waals surface area contributed by atoms with Crippen LogP contribution in [0.3, 0.4) is 0 Å². The Morgan fingerprint density at radius 2 is 0.757 bits per heavy atom. The van der Waals surface area contributed by atoms with Crippen molar-refractivity contribution < 1.29 is 81.4 Å². The lowest BCUT2D eigenvalue weighted by atomic mass is 9.53. The third kappa shape index (κ3) is 14.0. The maximum Gasteiger partial charge on any atom is 0.303 e. The minimum absolute atomic E-state index is 0.132. The first-order valence-electron chi connectivity index (χ1n) is 43.5. The number of benzene rings is 9. The fourth-order valence-corrected chi connectivity index (χ4v) is 21.1. The third-order valence-corrected chi connectivity index (χ3v) is 27.0. The number of nitrogens with zero attached hydrogens (tertiary/aromatic N) is 21. The van der Waals surface area contributed by atoms with Gasteiger partial charge in [-0.3, -0.25) is 43.0 Å². The van der Waals surface area contributed by atoms with E-state index in [9.17, 15) is 60.8 Å². The number of aromatic nitrogens is 22. The number of aromatic amines is 1. The molecule has 8 aliphatic carbocycles. The maximum atomic E-state index is 13.5. The van der Waals surface area contributed by atoms with E-state index >= 15 is 0 Å². The van der Waals surface area contributed by atoms with E-state index in [1.54, 1.807) is 110 Å². The second kappa shape index (κ2) is 32.6. The molecule has 0 aliphatic heterocycles. The van der Waals surface area contributed by atoms with Gasteiger partial charge in [0.25, 0.3) is 23.6 Å². The van der Waals surface area contributed by atoms with E-state index in [-0.39, 0.29) is 79.6 Å². The van der Waals surface area contributed by atoms with Gasteiger partial charge < -0.3 is 67.3 Å². The van der Waals surface area contributed by atoms with Gasteiger partial charge in [0.1, 0.15) is 28.5 Å². The highest BCUT2D eigenvalue weighted by molar-refractivity contribution is 7.22. The molecule has 0 atom stereocenters. The molecule has 136 heavy (non-hydrogen) atoms. The van der Waals surface area contributed by atoms with Gasteiger partial charge in [0, 0.05) is 84.3 Å². The number of para-hydroxylation sites is 6. The molecular formula is C92H72N26O17S. The zero-order valence-electron chi connectivity index (χ0n) is 71.4. The first kappa shape index (κ1) is 82.5. The molecule has 10 heterocycles. The van der Waals surface area contributed by atoms with Crippen LogP contribution in [0, 0.1) is 59.4 Å². The average molecular weight is 1850 g/mol. The van der Waals surface area contributed by atoms with E-state index in [2.05, 4.69) is 81.5 Å². The summed E-state index contributed by atoms with van der Waals surface area (Å²) in [6.07, 6.45) is 9.55. The van der Waals surface area contributed by atoms with Crippen molar-refractivity contribution in [2.45, 2.75) is 95.4 Å². The van der Waals surface area contributed by atoms with E-state index in [1.807, 2.05) is 97.1 Å². The molecule has 4 saturated carbocycles. The fraction of sp³-hybridized carbons (Fsp3) is 0.207. The number of ether oxygens (including phenoxy) is 1. The van der Waals surface area contributed by atoms with Crippen molar-refractivity contribution in [2.75, 3.05) is 23.1 Å². The van der Waals surface area contributed by atoms with Crippen molar-refractivity contribution in [1.82, 2.24) is 75.5 Å². The average Bonchev–Trinajstić information content (AvgIpc) is 0.931.